The number of allylic oxidation sites excluding steroid dienone is 1. The van der Waals surface area contributed by atoms with Gasteiger partial charge in [0.15, 0.2) is 11.6 Å². The number of carbonyl (C=O) groups excluding carboxylic acids is 2. The molecule has 0 bridgehead atoms. The Labute approximate surface area is 191 Å². The summed E-state index contributed by atoms with van der Waals surface area (Å²) in [5, 5.41) is 21.0. The number of hydrogen-bond acceptors (Lipinski definition) is 6. The van der Waals surface area contributed by atoms with E-state index >= 15 is 0 Å². The predicted octanol–water partition coefficient (Wildman–Crippen LogP) is 3.44. The molecule has 4 rings (SSSR count). The first kappa shape index (κ1) is 24.1. The lowest BCUT2D eigenvalue weighted by atomic mass is 9.45. The quantitative estimate of drug-likeness (QED) is 0.436. The van der Waals surface area contributed by atoms with Crippen LogP contribution in [0.5, 0.6) is 0 Å². The summed E-state index contributed by atoms with van der Waals surface area (Å²) in [5.41, 5.74) is 0.607. The van der Waals surface area contributed by atoms with E-state index in [0.717, 1.165) is 44.1 Å². The molecule has 0 aromatic rings. The molecule has 0 aliphatic heterocycles. The number of rotatable bonds is 8. The van der Waals surface area contributed by atoms with Crippen LogP contribution in [0.1, 0.15) is 72.1 Å². The van der Waals surface area contributed by atoms with E-state index in [1.807, 2.05) is 0 Å². The van der Waals surface area contributed by atoms with Gasteiger partial charge in [0.25, 0.3) is 0 Å². The largest absolute Gasteiger partial charge is 0.393 e. The van der Waals surface area contributed by atoms with Crippen molar-refractivity contribution in [2.45, 2.75) is 84.3 Å². The summed E-state index contributed by atoms with van der Waals surface area (Å²) in [7, 11) is 0. The van der Waals surface area contributed by atoms with Crippen LogP contribution in [0.4, 0.5) is 0 Å². The first-order valence-electron chi connectivity index (χ1n) is 12.5. The van der Waals surface area contributed by atoms with E-state index in [1.165, 1.54) is 0 Å². The van der Waals surface area contributed by atoms with Gasteiger partial charge in [-0.2, -0.15) is 0 Å². The lowest BCUT2D eigenvalue weighted by Crippen LogP contribution is -2.58. The van der Waals surface area contributed by atoms with Crippen molar-refractivity contribution in [2.24, 2.45) is 34.5 Å². The third kappa shape index (κ3) is 3.91. The molecule has 0 saturated heterocycles. The van der Waals surface area contributed by atoms with Crippen molar-refractivity contribution in [3.8, 4) is 0 Å². The maximum atomic E-state index is 12.8. The van der Waals surface area contributed by atoms with Gasteiger partial charge in [0.2, 0.25) is 0 Å². The van der Waals surface area contributed by atoms with Gasteiger partial charge >= 0.3 is 0 Å². The Bertz CT molecular complexity index is 761. The summed E-state index contributed by atoms with van der Waals surface area (Å²) in [6.45, 7) is 6.80. The number of Topliss-reactive ketones (excluding diaryl/α,β-unsaturated/α-hetero) is 1. The highest BCUT2D eigenvalue weighted by atomic mass is 16.7. The molecule has 2 N–H and O–H groups in total. The van der Waals surface area contributed by atoms with Crippen LogP contribution in [-0.2, 0) is 19.1 Å². The zero-order valence-corrected chi connectivity index (χ0v) is 19.8. The van der Waals surface area contributed by atoms with Gasteiger partial charge in [-0.3, -0.25) is 9.59 Å². The van der Waals surface area contributed by atoms with E-state index in [-0.39, 0.29) is 41.0 Å². The van der Waals surface area contributed by atoms with E-state index in [0.29, 0.717) is 31.3 Å². The molecule has 6 heteroatoms. The van der Waals surface area contributed by atoms with Crippen LogP contribution in [0.2, 0.25) is 0 Å². The Morgan fingerprint density at radius 1 is 1.22 bits per heavy atom. The third-order valence-electron chi connectivity index (χ3n) is 9.45. The highest BCUT2D eigenvalue weighted by Gasteiger charge is 2.63. The SMILES string of the molecule is CCCCOCOC1C[C@@]2(C)C(=CC1=O)CC[C@@H]1[C@@H]2[C@@H](O)C[C@]2(C)[C@@H](C(=O)CO)CC[C@@H]12. The summed E-state index contributed by atoms with van der Waals surface area (Å²) >= 11 is 0. The van der Waals surface area contributed by atoms with Crippen molar-refractivity contribution < 1.29 is 29.3 Å². The molecule has 0 spiro atoms. The normalized spacial score (nSPS) is 43.3. The molecule has 4 aliphatic rings. The number of carbonyl (C=O) groups is 2. The van der Waals surface area contributed by atoms with E-state index in [1.54, 1.807) is 6.08 Å². The Kier molecular flexibility index (Phi) is 6.98. The van der Waals surface area contributed by atoms with Gasteiger partial charge in [0, 0.05) is 12.5 Å². The van der Waals surface area contributed by atoms with Crippen molar-refractivity contribution in [2.75, 3.05) is 20.0 Å². The van der Waals surface area contributed by atoms with E-state index in [4.69, 9.17) is 9.47 Å². The second-order valence-electron chi connectivity index (χ2n) is 11.1. The first-order valence-corrected chi connectivity index (χ1v) is 12.5. The Morgan fingerprint density at radius 2 is 2.00 bits per heavy atom. The molecule has 1 unspecified atom stereocenters. The fourth-order valence-electron chi connectivity index (χ4n) is 7.94. The number of aliphatic hydroxyl groups excluding tert-OH is 2. The zero-order chi connectivity index (χ0) is 23.1. The van der Waals surface area contributed by atoms with Gasteiger partial charge in [-0.05, 0) is 79.6 Å². The molecule has 3 saturated carbocycles. The highest BCUT2D eigenvalue weighted by molar-refractivity contribution is 5.95. The van der Waals surface area contributed by atoms with Gasteiger partial charge < -0.3 is 19.7 Å². The molecular weight excluding hydrogens is 408 g/mol. The molecule has 8 atom stereocenters. The Morgan fingerprint density at radius 3 is 2.72 bits per heavy atom. The molecule has 180 valence electrons. The second kappa shape index (κ2) is 9.28. The Hall–Kier alpha value is -1.08. The number of fused-ring (bicyclic) bond motifs is 5. The van der Waals surface area contributed by atoms with Crippen LogP contribution in [0, 0.1) is 34.5 Å². The summed E-state index contributed by atoms with van der Waals surface area (Å²) in [5.74, 6) is 0.509. The minimum absolute atomic E-state index is 0.0135. The minimum Gasteiger partial charge on any atom is -0.393 e. The average Bonchev–Trinajstić information content (AvgIpc) is 3.10. The number of unbranched alkanes of at least 4 members (excludes halogenated alkanes) is 1. The molecule has 4 aliphatic carbocycles. The summed E-state index contributed by atoms with van der Waals surface area (Å²) in [6.07, 6.45) is 7.49. The summed E-state index contributed by atoms with van der Waals surface area (Å²) in [4.78, 5) is 25.2. The van der Waals surface area contributed by atoms with Crippen LogP contribution < -0.4 is 0 Å². The molecule has 0 heterocycles. The van der Waals surface area contributed by atoms with E-state index in [2.05, 4.69) is 20.8 Å². The minimum atomic E-state index is -0.531. The lowest BCUT2D eigenvalue weighted by Gasteiger charge is -2.60. The van der Waals surface area contributed by atoms with Crippen LogP contribution >= 0.6 is 0 Å². The predicted molar refractivity (Wildman–Crippen MR) is 120 cm³/mol. The van der Waals surface area contributed by atoms with Gasteiger partial charge in [-0.1, -0.05) is 32.8 Å². The smallest absolute Gasteiger partial charge is 0.184 e. The van der Waals surface area contributed by atoms with Crippen LogP contribution in [0.3, 0.4) is 0 Å². The second-order valence-corrected chi connectivity index (χ2v) is 11.1. The standard InChI is InChI=1S/C26H40O6/c1-4-5-10-31-15-32-23-13-25(2)16(11-20(23)28)6-7-17-18-8-9-19(22(30)14-27)26(18,3)12-21(29)24(17)25/h11,17-19,21,23-24,27,29H,4-10,12-15H2,1-3H3/t17-,18-,19+,21-,23?,24+,25-,26-/m0/s1. The maximum absolute atomic E-state index is 12.8. The van der Waals surface area contributed by atoms with Crippen LogP contribution in [0.25, 0.3) is 0 Å². The molecule has 32 heavy (non-hydrogen) atoms. The molecule has 3 fully saturated rings. The van der Waals surface area contributed by atoms with Crippen LogP contribution in [-0.4, -0.2) is 54.0 Å². The topological polar surface area (TPSA) is 93.1 Å². The highest BCUT2D eigenvalue weighted by Crippen LogP contribution is 2.66. The van der Waals surface area contributed by atoms with Crippen molar-refractivity contribution in [1.82, 2.24) is 0 Å². The zero-order valence-electron chi connectivity index (χ0n) is 19.8. The number of aliphatic hydroxyl groups is 2. The van der Waals surface area contributed by atoms with E-state index < -0.39 is 18.8 Å². The molecule has 0 aromatic carbocycles. The van der Waals surface area contributed by atoms with E-state index in [9.17, 15) is 19.8 Å². The summed E-state index contributed by atoms with van der Waals surface area (Å²) < 4.78 is 11.4. The van der Waals surface area contributed by atoms with Gasteiger partial charge in [0.05, 0.1) is 6.10 Å². The number of ether oxygens (including phenoxy) is 2. The fourth-order valence-corrected chi connectivity index (χ4v) is 7.94. The van der Waals surface area contributed by atoms with Gasteiger partial charge in [0.1, 0.15) is 19.5 Å². The molecule has 0 amide bonds. The van der Waals surface area contributed by atoms with Gasteiger partial charge in [-0.25, -0.2) is 0 Å². The molecule has 0 aromatic heterocycles. The molecular formula is C26H40O6. The molecule has 0 radical (unpaired) electrons. The number of ketones is 2. The van der Waals surface area contributed by atoms with Crippen molar-refractivity contribution >= 4 is 11.6 Å². The Balaban J connectivity index is 1.54. The summed E-state index contributed by atoms with van der Waals surface area (Å²) in [6, 6.07) is 0. The van der Waals surface area contributed by atoms with Gasteiger partial charge in [-0.15, -0.1) is 0 Å². The third-order valence-corrected chi connectivity index (χ3v) is 9.45. The molecule has 6 nitrogen and oxygen atoms in total. The van der Waals surface area contributed by atoms with Crippen molar-refractivity contribution in [3.63, 3.8) is 0 Å². The fraction of sp³-hybridized carbons (Fsp3) is 0.846. The van der Waals surface area contributed by atoms with Crippen molar-refractivity contribution in [3.05, 3.63) is 11.6 Å². The lowest BCUT2D eigenvalue weighted by molar-refractivity contribution is -0.162. The monoisotopic (exact) mass is 448 g/mol. The van der Waals surface area contributed by atoms with Crippen molar-refractivity contribution in [1.29, 1.82) is 0 Å². The average molecular weight is 449 g/mol. The van der Waals surface area contributed by atoms with Crippen LogP contribution in [0.15, 0.2) is 11.6 Å². The first-order chi connectivity index (χ1) is 15.3. The maximum Gasteiger partial charge on any atom is 0.184 e. The number of hydrogen-bond donors (Lipinski definition) is 2.